The first-order valence-electron chi connectivity index (χ1n) is 4.97. The lowest BCUT2D eigenvalue weighted by atomic mass is 10.3. The van der Waals surface area contributed by atoms with Crippen LogP contribution in [0.25, 0.3) is 10.2 Å². The Balaban J connectivity index is 2.29. The molecule has 1 aromatic carbocycles. The molecular formula is C11H14N2OS. The summed E-state index contributed by atoms with van der Waals surface area (Å²) in [5.41, 5.74) is 6.52. The van der Waals surface area contributed by atoms with Gasteiger partial charge in [-0.15, -0.1) is 11.3 Å². The van der Waals surface area contributed by atoms with Crippen LogP contribution in [0.2, 0.25) is 0 Å². The average Bonchev–Trinajstić information content (AvgIpc) is 2.67. The molecule has 0 fully saturated rings. The van der Waals surface area contributed by atoms with Gasteiger partial charge in [0, 0.05) is 6.42 Å². The zero-order valence-electron chi connectivity index (χ0n) is 8.69. The quantitative estimate of drug-likeness (QED) is 0.862. The molecule has 0 aliphatic heterocycles. The molecule has 1 heterocycles. The number of hydrogen-bond acceptors (Lipinski definition) is 4. The normalized spacial score (nSPS) is 10.8. The van der Waals surface area contributed by atoms with Gasteiger partial charge < -0.3 is 10.5 Å². The molecule has 0 unspecified atom stereocenters. The van der Waals surface area contributed by atoms with Crippen LogP contribution < -0.4 is 10.5 Å². The summed E-state index contributed by atoms with van der Waals surface area (Å²) in [6.45, 7) is 0.721. The van der Waals surface area contributed by atoms with Crippen molar-refractivity contribution in [2.45, 2.75) is 12.8 Å². The Bertz CT molecular complexity index is 453. The van der Waals surface area contributed by atoms with E-state index in [0.29, 0.717) is 0 Å². The number of nitrogens with zero attached hydrogens (tertiary/aromatic N) is 1. The number of thiazole rings is 1. The zero-order chi connectivity index (χ0) is 10.7. The summed E-state index contributed by atoms with van der Waals surface area (Å²) in [5.74, 6) is 0.886. The third kappa shape index (κ3) is 2.27. The van der Waals surface area contributed by atoms with Crippen molar-refractivity contribution in [3.05, 3.63) is 23.2 Å². The molecule has 0 aliphatic carbocycles. The minimum absolute atomic E-state index is 0.721. The Morgan fingerprint density at radius 2 is 2.33 bits per heavy atom. The van der Waals surface area contributed by atoms with Crippen molar-refractivity contribution in [1.82, 2.24) is 4.98 Å². The summed E-state index contributed by atoms with van der Waals surface area (Å²) in [7, 11) is 1.68. The van der Waals surface area contributed by atoms with E-state index in [0.717, 1.165) is 35.7 Å². The van der Waals surface area contributed by atoms with Crippen molar-refractivity contribution in [3.8, 4) is 5.75 Å². The Labute approximate surface area is 92.9 Å². The summed E-state index contributed by atoms with van der Waals surface area (Å²) in [6.07, 6.45) is 1.97. The van der Waals surface area contributed by atoms with E-state index in [9.17, 15) is 0 Å². The summed E-state index contributed by atoms with van der Waals surface area (Å²) in [5, 5.41) is 1.16. The molecule has 0 radical (unpaired) electrons. The van der Waals surface area contributed by atoms with Crippen LogP contribution >= 0.6 is 11.3 Å². The third-order valence-electron chi connectivity index (χ3n) is 2.23. The van der Waals surface area contributed by atoms with Gasteiger partial charge in [0.1, 0.15) is 5.75 Å². The molecule has 0 bridgehead atoms. The van der Waals surface area contributed by atoms with E-state index >= 15 is 0 Å². The monoisotopic (exact) mass is 222 g/mol. The van der Waals surface area contributed by atoms with Gasteiger partial charge in [-0.1, -0.05) is 0 Å². The molecule has 0 saturated carbocycles. The van der Waals surface area contributed by atoms with Gasteiger partial charge in [-0.05, 0) is 31.2 Å². The molecule has 80 valence electrons. The summed E-state index contributed by atoms with van der Waals surface area (Å²) >= 11 is 1.72. The summed E-state index contributed by atoms with van der Waals surface area (Å²) in [6, 6.07) is 5.96. The van der Waals surface area contributed by atoms with Gasteiger partial charge in [-0.2, -0.15) is 0 Å². The van der Waals surface area contributed by atoms with Crippen LogP contribution in [0, 0.1) is 0 Å². The highest BCUT2D eigenvalue weighted by Crippen LogP contribution is 2.26. The van der Waals surface area contributed by atoms with Gasteiger partial charge in [0.2, 0.25) is 0 Å². The molecular weight excluding hydrogens is 208 g/mol. The van der Waals surface area contributed by atoms with Gasteiger partial charge in [-0.3, -0.25) is 0 Å². The van der Waals surface area contributed by atoms with Crippen molar-refractivity contribution in [2.75, 3.05) is 13.7 Å². The van der Waals surface area contributed by atoms with Crippen LogP contribution in [0.3, 0.4) is 0 Å². The standard InChI is InChI=1S/C11H14N2OS/c1-14-8-4-5-9-10(7-8)15-11(13-9)3-2-6-12/h4-5,7H,2-3,6,12H2,1H3. The van der Waals surface area contributed by atoms with Gasteiger partial charge in [0.05, 0.1) is 22.3 Å². The second kappa shape index (κ2) is 4.59. The van der Waals surface area contributed by atoms with Gasteiger partial charge >= 0.3 is 0 Å². The van der Waals surface area contributed by atoms with Crippen LogP contribution in [-0.2, 0) is 6.42 Å². The number of ether oxygens (including phenoxy) is 1. The summed E-state index contributed by atoms with van der Waals surface area (Å²) < 4.78 is 6.35. The number of aromatic nitrogens is 1. The van der Waals surface area contributed by atoms with Crippen molar-refractivity contribution in [2.24, 2.45) is 5.73 Å². The maximum absolute atomic E-state index is 5.47. The van der Waals surface area contributed by atoms with Crippen LogP contribution in [-0.4, -0.2) is 18.6 Å². The van der Waals surface area contributed by atoms with E-state index in [2.05, 4.69) is 4.98 Å². The molecule has 1 aromatic heterocycles. The smallest absolute Gasteiger partial charge is 0.120 e. The zero-order valence-corrected chi connectivity index (χ0v) is 9.51. The largest absolute Gasteiger partial charge is 0.497 e. The van der Waals surface area contributed by atoms with Crippen LogP contribution in [0.15, 0.2) is 18.2 Å². The molecule has 0 aliphatic rings. The second-order valence-corrected chi connectivity index (χ2v) is 4.45. The Kier molecular flexibility index (Phi) is 3.18. The predicted octanol–water partition coefficient (Wildman–Crippen LogP) is 2.20. The fourth-order valence-electron chi connectivity index (χ4n) is 1.44. The number of rotatable bonds is 4. The van der Waals surface area contributed by atoms with Crippen LogP contribution in [0.5, 0.6) is 5.75 Å². The van der Waals surface area contributed by atoms with Crippen LogP contribution in [0.1, 0.15) is 11.4 Å². The highest BCUT2D eigenvalue weighted by molar-refractivity contribution is 7.18. The second-order valence-electron chi connectivity index (χ2n) is 3.33. The Morgan fingerprint density at radius 3 is 3.07 bits per heavy atom. The molecule has 0 amide bonds. The third-order valence-corrected chi connectivity index (χ3v) is 3.31. The first-order chi connectivity index (χ1) is 7.33. The van der Waals surface area contributed by atoms with E-state index in [1.165, 1.54) is 4.70 Å². The Hall–Kier alpha value is -1.13. The molecule has 4 heteroatoms. The maximum Gasteiger partial charge on any atom is 0.120 e. The maximum atomic E-state index is 5.47. The average molecular weight is 222 g/mol. The lowest BCUT2D eigenvalue weighted by molar-refractivity contribution is 0.415. The number of fused-ring (bicyclic) bond motifs is 1. The number of nitrogens with two attached hydrogens (primary N) is 1. The Morgan fingerprint density at radius 1 is 1.47 bits per heavy atom. The molecule has 2 rings (SSSR count). The number of methoxy groups -OCH3 is 1. The minimum atomic E-state index is 0.721. The van der Waals surface area contributed by atoms with Crippen LogP contribution in [0.4, 0.5) is 0 Å². The predicted molar refractivity (Wildman–Crippen MR) is 63.5 cm³/mol. The number of aryl methyl sites for hydroxylation is 1. The van der Waals surface area contributed by atoms with E-state index in [1.54, 1.807) is 18.4 Å². The van der Waals surface area contributed by atoms with Gasteiger partial charge in [0.25, 0.3) is 0 Å². The topological polar surface area (TPSA) is 48.1 Å². The highest BCUT2D eigenvalue weighted by atomic mass is 32.1. The van der Waals surface area contributed by atoms with Gasteiger partial charge in [-0.25, -0.2) is 4.98 Å². The highest BCUT2D eigenvalue weighted by Gasteiger charge is 2.04. The SMILES string of the molecule is COc1ccc2nc(CCCN)sc2c1. The van der Waals surface area contributed by atoms with E-state index in [-0.39, 0.29) is 0 Å². The molecule has 2 aromatic rings. The summed E-state index contributed by atoms with van der Waals surface area (Å²) in [4.78, 5) is 4.53. The minimum Gasteiger partial charge on any atom is -0.497 e. The van der Waals surface area contributed by atoms with Crippen molar-refractivity contribution >= 4 is 21.6 Å². The molecule has 0 saturated heterocycles. The molecule has 0 spiro atoms. The molecule has 15 heavy (non-hydrogen) atoms. The lowest BCUT2D eigenvalue weighted by Gasteiger charge is -1.96. The first kappa shape index (κ1) is 10.4. The fourth-order valence-corrected chi connectivity index (χ4v) is 2.48. The molecule has 0 atom stereocenters. The van der Waals surface area contributed by atoms with Gasteiger partial charge in [0.15, 0.2) is 0 Å². The van der Waals surface area contributed by atoms with Crippen molar-refractivity contribution < 1.29 is 4.74 Å². The first-order valence-corrected chi connectivity index (χ1v) is 5.78. The molecule has 3 nitrogen and oxygen atoms in total. The van der Waals surface area contributed by atoms with E-state index < -0.39 is 0 Å². The van der Waals surface area contributed by atoms with E-state index in [1.807, 2.05) is 18.2 Å². The van der Waals surface area contributed by atoms with Crippen molar-refractivity contribution in [1.29, 1.82) is 0 Å². The lowest BCUT2D eigenvalue weighted by Crippen LogP contribution is -1.99. The van der Waals surface area contributed by atoms with Crippen molar-refractivity contribution in [3.63, 3.8) is 0 Å². The molecule has 2 N–H and O–H groups in total. The fraction of sp³-hybridized carbons (Fsp3) is 0.364. The van der Waals surface area contributed by atoms with E-state index in [4.69, 9.17) is 10.5 Å². The number of benzene rings is 1. The number of hydrogen-bond donors (Lipinski definition) is 1.